The summed E-state index contributed by atoms with van der Waals surface area (Å²) in [6.07, 6.45) is 3.41. The summed E-state index contributed by atoms with van der Waals surface area (Å²) in [5.41, 5.74) is 1.62. The highest BCUT2D eigenvalue weighted by molar-refractivity contribution is 5.94. The van der Waals surface area contributed by atoms with Crippen molar-refractivity contribution in [3.05, 3.63) is 59.8 Å². The zero-order valence-electron chi connectivity index (χ0n) is 13.8. The van der Waals surface area contributed by atoms with E-state index in [2.05, 4.69) is 10.3 Å². The summed E-state index contributed by atoms with van der Waals surface area (Å²) in [5, 5.41) is 3.00. The zero-order chi connectivity index (χ0) is 16.8. The third-order valence-corrected chi connectivity index (χ3v) is 4.10. The topological polar surface area (TPSA) is 60.5 Å². The summed E-state index contributed by atoms with van der Waals surface area (Å²) in [4.78, 5) is 16.7. The minimum absolute atomic E-state index is 0.0632. The molecule has 0 radical (unpaired) electrons. The van der Waals surface area contributed by atoms with Crippen LogP contribution in [0.25, 0.3) is 0 Å². The van der Waals surface area contributed by atoms with Crippen LogP contribution in [0.15, 0.2) is 48.7 Å². The Morgan fingerprint density at radius 1 is 1.25 bits per heavy atom. The molecule has 1 aliphatic rings. The lowest BCUT2D eigenvalue weighted by atomic mass is 10.1. The minimum atomic E-state index is -0.134. The monoisotopic (exact) mass is 326 g/mol. The number of benzene rings is 1. The second kappa shape index (κ2) is 7.93. The van der Waals surface area contributed by atoms with Crippen molar-refractivity contribution in [1.82, 2.24) is 10.3 Å². The molecule has 1 aromatic carbocycles. The number of carbonyl (C=O) groups is 1. The van der Waals surface area contributed by atoms with E-state index in [4.69, 9.17) is 9.47 Å². The maximum atomic E-state index is 12.5. The highest BCUT2D eigenvalue weighted by Crippen LogP contribution is 2.18. The van der Waals surface area contributed by atoms with E-state index in [1.54, 1.807) is 18.3 Å². The van der Waals surface area contributed by atoms with Crippen molar-refractivity contribution in [2.24, 2.45) is 0 Å². The van der Waals surface area contributed by atoms with E-state index < -0.39 is 0 Å². The number of nitrogens with zero attached hydrogens (tertiary/aromatic N) is 1. The molecule has 0 bridgehead atoms. The molecule has 2 aromatic rings. The predicted octanol–water partition coefficient (Wildman–Crippen LogP) is 3.13. The highest BCUT2D eigenvalue weighted by atomic mass is 16.5. The fourth-order valence-electron chi connectivity index (χ4n) is 2.68. The van der Waals surface area contributed by atoms with Crippen LogP contribution in [0.5, 0.6) is 5.88 Å². The van der Waals surface area contributed by atoms with Gasteiger partial charge in [-0.1, -0.05) is 30.3 Å². The van der Waals surface area contributed by atoms with Crippen LogP contribution >= 0.6 is 0 Å². The lowest BCUT2D eigenvalue weighted by molar-refractivity contribution is 0.0237. The van der Waals surface area contributed by atoms with Gasteiger partial charge in [-0.3, -0.25) is 4.79 Å². The molecular formula is C19H22N2O3. The van der Waals surface area contributed by atoms with Crippen LogP contribution in [0.1, 0.15) is 41.7 Å². The molecule has 1 saturated heterocycles. The Kier molecular flexibility index (Phi) is 5.43. The van der Waals surface area contributed by atoms with E-state index in [-0.39, 0.29) is 18.1 Å². The molecule has 3 rings (SSSR count). The van der Waals surface area contributed by atoms with Crippen molar-refractivity contribution in [1.29, 1.82) is 0 Å². The van der Waals surface area contributed by atoms with Gasteiger partial charge in [-0.15, -0.1) is 0 Å². The van der Waals surface area contributed by atoms with Crippen LogP contribution in [0.3, 0.4) is 0 Å². The molecule has 0 aliphatic carbocycles. The minimum Gasteiger partial charge on any atom is -0.474 e. The fourth-order valence-corrected chi connectivity index (χ4v) is 2.68. The number of hydrogen-bond acceptors (Lipinski definition) is 4. The zero-order valence-corrected chi connectivity index (χ0v) is 13.8. The van der Waals surface area contributed by atoms with Gasteiger partial charge in [0, 0.05) is 30.7 Å². The number of rotatable bonds is 5. The van der Waals surface area contributed by atoms with Gasteiger partial charge >= 0.3 is 0 Å². The molecule has 24 heavy (non-hydrogen) atoms. The summed E-state index contributed by atoms with van der Waals surface area (Å²) in [6, 6.07) is 13.2. The van der Waals surface area contributed by atoms with Gasteiger partial charge < -0.3 is 14.8 Å². The summed E-state index contributed by atoms with van der Waals surface area (Å²) >= 11 is 0. The molecule has 1 aliphatic heterocycles. The van der Waals surface area contributed by atoms with Crippen LogP contribution in [-0.2, 0) is 4.74 Å². The van der Waals surface area contributed by atoms with E-state index in [9.17, 15) is 4.79 Å². The Bertz CT molecular complexity index is 669. The third kappa shape index (κ3) is 4.32. The van der Waals surface area contributed by atoms with Crippen LogP contribution in [0, 0.1) is 0 Å². The van der Waals surface area contributed by atoms with E-state index in [0.29, 0.717) is 24.7 Å². The predicted molar refractivity (Wildman–Crippen MR) is 91.0 cm³/mol. The number of pyridine rings is 1. The Morgan fingerprint density at radius 3 is 2.75 bits per heavy atom. The van der Waals surface area contributed by atoms with Gasteiger partial charge in [0.05, 0.1) is 19.3 Å². The number of hydrogen-bond donors (Lipinski definition) is 1. The van der Waals surface area contributed by atoms with Gasteiger partial charge in [0.15, 0.2) is 0 Å². The SMILES string of the molecule is C[C@H](NC(=O)c1ccnc(OC2CCOCC2)c1)c1ccccc1. The summed E-state index contributed by atoms with van der Waals surface area (Å²) in [6.45, 7) is 3.38. The van der Waals surface area contributed by atoms with Crippen molar-refractivity contribution >= 4 is 5.91 Å². The van der Waals surface area contributed by atoms with Gasteiger partial charge in [0.25, 0.3) is 5.91 Å². The van der Waals surface area contributed by atoms with Gasteiger partial charge in [-0.05, 0) is 18.6 Å². The van der Waals surface area contributed by atoms with Crippen molar-refractivity contribution in [2.75, 3.05) is 13.2 Å². The van der Waals surface area contributed by atoms with Gasteiger partial charge in [0.2, 0.25) is 5.88 Å². The molecule has 0 spiro atoms. The average molecular weight is 326 g/mol. The quantitative estimate of drug-likeness (QED) is 0.917. The largest absolute Gasteiger partial charge is 0.474 e. The second-order valence-electron chi connectivity index (χ2n) is 5.92. The Hall–Kier alpha value is -2.40. The lowest BCUT2D eigenvalue weighted by Gasteiger charge is -2.22. The maximum Gasteiger partial charge on any atom is 0.252 e. The average Bonchev–Trinajstić information content (AvgIpc) is 2.63. The summed E-state index contributed by atoms with van der Waals surface area (Å²) < 4.78 is 11.2. The highest BCUT2D eigenvalue weighted by Gasteiger charge is 2.17. The molecule has 1 aromatic heterocycles. The molecule has 1 amide bonds. The maximum absolute atomic E-state index is 12.5. The van der Waals surface area contributed by atoms with Crippen LogP contribution in [0.2, 0.25) is 0 Å². The van der Waals surface area contributed by atoms with E-state index in [1.807, 2.05) is 37.3 Å². The van der Waals surface area contributed by atoms with Gasteiger partial charge in [0.1, 0.15) is 6.10 Å². The van der Waals surface area contributed by atoms with Gasteiger partial charge in [-0.2, -0.15) is 0 Å². The molecule has 5 nitrogen and oxygen atoms in total. The standard InChI is InChI=1S/C19H22N2O3/c1-14(15-5-3-2-4-6-15)21-19(22)16-7-10-20-18(13-16)24-17-8-11-23-12-9-17/h2-7,10,13-14,17H,8-9,11-12H2,1H3,(H,21,22)/t14-/m0/s1. The number of nitrogens with one attached hydrogen (secondary N) is 1. The fraction of sp³-hybridized carbons (Fsp3) is 0.368. The first-order valence-corrected chi connectivity index (χ1v) is 8.28. The molecule has 1 N–H and O–H groups in total. The molecule has 1 fully saturated rings. The van der Waals surface area contributed by atoms with Gasteiger partial charge in [-0.25, -0.2) is 4.98 Å². The van der Waals surface area contributed by atoms with Crippen molar-refractivity contribution < 1.29 is 14.3 Å². The lowest BCUT2D eigenvalue weighted by Crippen LogP contribution is -2.28. The third-order valence-electron chi connectivity index (χ3n) is 4.10. The number of amides is 1. The molecular weight excluding hydrogens is 304 g/mol. The first kappa shape index (κ1) is 16.5. The molecule has 126 valence electrons. The Balaban J connectivity index is 1.63. The molecule has 5 heteroatoms. The molecule has 0 unspecified atom stereocenters. The first-order valence-electron chi connectivity index (χ1n) is 8.28. The first-order chi connectivity index (χ1) is 11.7. The summed E-state index contributed by atoms with van der Waals surface area (Å²) in [7, 11) is 0. The molecule has 1 atom stereocenters. The summed E-state index contributed by atoms with van der Waals surface area (Å²) in [5.74, 6) is 0.354. The van der Waals surface area contributed by atoms with E-state index >= 15 is 0 Å². The van der Waals surface area contributed by atoms with E-state index in [1.165, 1.54) is 0 Å². The molecule has 2 heterocycles. The number of carbonyl (C=O) groups excluding carboxylic acids is 1. The van der Waals surface area contributed by atoms with Crippen molar-refractivity contribution in [3.8, 4) is 5.88 Å². The number of ether oxygens (including phenoxy) is 2. The Morgan fingerprint density at radius 2 is 2.00 bits per heavy atom. The Labute approximate surface area is 142 Å². The van der Waals surface area contributed by atoms with Crippen molar-refractivity contribution in [3.63, 3.8) is 0 Å². The number of aromatic nitrogens is 1. The van der Waals surface area contributed by atoms with E-state index in [0.717, 1.165) is 18.4 Å². The molecule has 0 saturated carbocycles. The van der Waals surface area contributed by atoms with Crippen LogP contribution in [0.4, 0.5) is 0 Å². The van der Waals surface area contributed by atoms with Crippen LogP contribution in [-0.4, -0.2) is 30.2 Å². The smallest absolute Gasteiger partial charge is 0.252 e. The van der Waals surface area contributed by atoms with Crippen LogP contribution < -0.4 is 10.1 Å². The normalized spacial score (nSPS) is 16.4. The van der Waals surface area contributed by atoms with Crippen molar-refractivity contribution in [2.45, 2.75) is 31.9 Å². The second-order valence-corrected chi connectivity index (χ2v) is 5.92.